The van der Waals surface area contributed by atoms with E-state index >= 15 is 0 Å². The number of benzene rings is 1. The molecule has 2 heterocycles. The summed E-state index contributed by atoms with van der Waals surface area (Å²) in [5.41, 5.74) is 0.868. The number of nitrogens with zero attached hydrogens (tertiary/aromatic N) is 4. The zero-order valence-electron chi connectivity index (χ0n) is 16.2. The fraction of sp³-hybridized carbons (Fsp3) is 0.579. The number of amides is 3. The Kier molecular flexibility index (Phi) is 6.45. The van der Waals surface area contributed by atoms with E-state index in [1.807, 2.05) is 4.90 Å². The third-order valence-electron chi connectivity index (χ3n) is 5.47. The Morgan fingerprint density at radius 1 is 1.04 bits per heavy atom. The summed E-state index contributed by atoms with van der Waals surface area (Å²) in [7, 11) is 0. The Balaban J connectivity index is 1.49. The first-order valence-electron chi connectivity index (χ1n) is 9.76. The Bertz CT molecular complexity index is 740. The van der Waals surface area contributed by atoms with Crippen LogP contribution in [-0.4, -0.2) is 77.4 Å². The van der Waals surface area contributed by atoms with Gasteiger partial charge in [-0.25, -0.2) is 4.79 Å². The van der Waals surface area contributed by atoms with Crippen molar-refractivity contribution in [2.24, 2.45) is 0 Å². The predicted octanol–water partition coefficient (Wildman–Crippen LogP) is 2.07. The number of hydrogen-bond donors (Lipinski definition) is 1. The van der Waals surface area contributed by atoms with Gasteiger partial charge in [0, 0.05) is 45.3 Å². The molecule has 9 nitrogen and oxygen atoms in total. The molecule has 0 aromatic heterocycles. The van der Waals surface area contributed by atoms with Crippen molar-refractivity contribution in [2.45, 2.75) is 26.2 Å². The number of carbonyl (C=O) groups is 2. The summed E-state index contributed by atoms with van der Waals surface area (Å²) in [6.07, 6.45) is 3.36. The van der Waals surface area contributed by atoms with Gasteiger partial charge < -0.3 is 15.1 Å². The van der Waals surface area contributed by atoms with E-state index in [0.717, 1.165) is 25.9 Å². The maximum Gasteiger partial charge on any atom is 0.321 e. The van der Waals surface area contributed by atoms with E-state index in [-0.39, 0.29) is 17.6 Å². The van der Waals surface area contributed by atoms with Gasteiger partial charge in [-0.3, -0.25) is 19.8 Å². The molecule has 0 aliphatic carbocycles. The second-order valence-electron chi connectivity index (χ2n) is 7.34. The number of likely N-dealkylation sites (tertiary alicyclic amines) is 1. The van der Waals surface area contributed by atoms with Crippen LogP contribution in [0.3, 0.4) is 0 Å². The minimum atomic E-state index is -0.455. The lowest BCUT2D eigenvalue weighted by Crippen LogP contribution is -2.52. The second kappa shape index (κ2) is 9.01. The van der Waals surface area contributed by atoms with E-state index in [1.54, 1.807) is 24.0 Å². The molecule has 0 radical (unpaired) electrons. The minimum Gasteiger partial charge on any atom is -0.342 e. The van der Waals surface area contributed by atoms with Crippen molar-refractivity contribution in [3.63, 3.8) is 0 Å². The van der Waals surface area contributed by atoms with Crippen LogP contribution < -0.4 is 5.32 Å². The normalized spacial score (nSPS) is 18.0. The van der Waals surface area contributed by atoms with Crippen LogP contribution in [0.4, 0.5) is 16.2 Å². The van der Waals surface area contributed by atoms with Crippen molar-refractivity contribution in [3.8, 4) is 0 Å². The molecule has 0 bridgehead atoms. The highest BCUT2D eigenvalue weighted by Gasteiger charge is 2.25. The molecule has 0 unspecified atom stereocenters. The number of carbonyl (C=O) groups excluding carboxylic acids is 2. The number of piperazine rings is 1. The maximum absolute atomic E-state index is 12.5. The van der Waals surface area contributed by atoms with Crippen LogP contribution >= 0.6 is 0 Å². The zero-order chi connectivity index (χ0) is 20.1. The molecule has 1 aromatic carbocycles. The molecule has 1 aromatic rings. The Morgan fingerprint density at radius 2 is 1.71 bits per heavy atom. The molecule has 2 aliphatic heterocycles. The standard InChI is InChI=1S/C19H27N5O4/c1-15-16(6-5-7-17(15)24(27)28)20-19(26)23-12-10-21(11-13-23)14-18(25)22-8-3-2-4-9-22/h5-7H,2-4,8-14H2,1H3,(H,20,26). The van der Waals surface area contributed by atoms with E-state index in [2.05, 4.69) is 10.2 Å². The van der Waals surface area contributed by atoms with Gasteiger partial charge in [-0.05, 0) is 32.3 Å². The highest BCUT2D eigenvalue weighted by molar-refractivity contribution is 5.91. The average Bonchev–Trinajstić information content (AvgIpc) is 2.70. The van der Waals surface area contributed by atoms with Crippen LogP contribution in [-0.2, 0) is 4.79 Å². The van der Waals surface area contributed by atoms with E-state index in [1.165, 1.54) is 12.5 Å². The molecule has 2 saturated heterocycles. The molecule has 152 valence electrons. The third kappa shape index (κ3) is 4.78. The summed E-state index contributed by atoms with van der Waals surface area (Å²) in [5.74, 6) is 0.171. The smallest absolute Gasteiger partial charge is 0.321 e. The van der Waals surface area contributed by atoms with Gasteiger partial charge in [-0.15, -0.1) is 0 Å². The Morgan fingerprint density at radius 3 is 2.36 bits per heavy atom. The van der Waals surface area contributed by atoms with Crippen molar-refractivity contribution >= 4 is 23.3 Å². The lowest BCUT2D eigenvalue weighted by Gasteiger charge is -2.36. The molecule has 9 heteroatoms. The monoisotopic (exact) mass is 389 g/mol. The van der Waals surface area contributed by atoms with E-state index in [0.29, 0.717) is 44.0 Å². The lowest BCUT2D eigenvalue weighted by molar-refractivity contribution is -0.385. The van der Waals surface area contributed by atoms with Crippen molar-refractivity contribution in [1.82, 2.24) is 14.7 Å². The van der Waals surface area contributed by atoms with E-state index < -0.39 is 4.92 Å². The van der Waals surface area contributed by atoms with Gasteiger partial charge in [0.2, 0.25) is 5.91 Å². The lowest BCUT2D eigenvalue weighted by atomic mass is 10.1. The predicted molar refractivity (Wildman–Crippen MR) is 105 cm³/mol. The molecular weight excluding hydrogens is 362 g/mol. The number of nitro groups is 1. The number of piperidine rings is 1. The molecule has 2 fully saturated rings. The SMILES string of the molecule is Cc1c(NC(=O)N2CCN(CC(=O)N3CCCCC3)CC2)cccc1[N+](=O)[O-]. The first kappa shape index (κ1) is 20.1. The van der Waals surface area contributed by atoms with Crippen molar-refractivity contribution in [3.05, 3.63) is 33.9 Å². The number of hydrogen-bond acceptors (Lipinski definition) is 5. The van der Waals surface area contributed by atoms with Crippen molar-refractivity contribution < 1.29 is 14.5 Å². The molecular formula is C19H27N5O4. The summed E-state index contributed by atoms with van der Waals surface area (Å²) in [6, 6.07) is 4.37. The zero-order valence-corrected chi connectivity index (χ0v) is 16.2. The summed E-state index contributed by atoms with van der Waals surface area (Å²) < 4.78 is 0. The number of nitrogens with one attached hydrogen (secondary N) is 1. The van der Waals surface area contributed by atoms with E-state index in [9.17, 15) is 19.7 Å². The van der Waals surface area contributed by atoms with Crippen LogP contribution in [0.1, 0.15) is 24.8 Å². The van der Waals surface area contributed by atoms with Crippen LogP contribution in [0.5, 0.6) is 0 Å². The fourth-order valence-corrected chi connectivity index (χ4v) is 3.69. The molecule has 1 N–H and O–H groups in total. The number of nitro benzene ring substituents is 1. The van der Waals surface area contributed by atoms with Crippen LogP contribution in [0.25, 0.3) is 0 Å². The largest absolute Gasteiger partial charge is 0.342 e. The van der Waals surface area contributed by atoms with Gasteiger partial charge in [0.1, 0.15) is 0 Å². The van der Waals surface area contributed by atoms with Gasteiger partial charge in [0.05, 0.1) is 22.7 Å². The topological polar surface area (TPSA) is 99.0 Å². The van der Waals surface area contributed by atoms with Gasteiger partial charge in [0.25, 0.3) is 5.69 Å². The fourth-order valence-electron chi connectivity index (χ4n) is 3.69. The van der Waals surface area contributed by atoms with Gasteiger partial charge in [-0.1, -0.05) is 6.07 Å². The summed E-state index contributed by atoms with van der Waals surface area (Å²) in [6.45, 7) is 6.05. The number of rotatable bonds is 4. The molecule has 0 spiro atoms. The summed E-state index contributed by atoms with van der Waals surface area (Å²) in [4.78, 5) is 41.2. The first-order valence-corrected chi connectivity index (χ1v) is 9.76. The molecule has 2 aliphatic rings. The van der Waals surface area contributed by atoms with Crippen LogP contribution in [0.15, 0.2) is 18.2 Å². The Labute approximate surface area is 164 Å². The van der Waals surface area contributed by atoms with Crippen molar-refractivity contribution in [1.29, 1.82) is 0 Å². The molecule has 28 heavy (non-hydrogen) atoms. The third-order valence-corrected chi connectivity index (χ3v) is 5.47. The van der Waals surface area contributed by atoms with Crippen molar-refractivity contribution in [2.75, 3.05) is 51.1 Å². The molecule has 0 atom stereocenters. The van der Waals surface area contributed by atoms with Gasteiger partial charge in [0.15, 0.2) is 0 Å². The average molecular weight is 389 g/mol. The molecule has 3 amide bonds. The Hall–Kier alpha value is -2.68. The quantitative estimate of drug-likeness (QED) is 0.628. The number of urea groups is 1. The summed E-state index contributed by atoms with van der Waals surface area (Å²) >= 11 is 0. The van der Waals surface area contributed by atoms with Crippen LogP contribution in [0.2, 0.25) is 0 Å². The molecule has 3 rings (SSSR count). The van der Waals surface area contributed by atoms with Gasteiger partial charge in [-0.2, -0.15) is 0 Å². The van der Waals surface area contributed by atoms with Gasteiger partial charge >= 0.3 is 6.03 Å². The minimum absolute atomic E-state index is 0.0150. The van der Waals surface area contributed by atoms with E-state index in [4.69, 9.17) is 0 Å². The summed E-state index contributed by atoms with van der Waals surface area (Å²) in [5, 5.41) is 13.8. The highest BCUT2D eigenvalue weighted by atomic mass is 16.6. The van der Waals surface area contributed by atoms with Crippen LogP contribution in [0, 0.1) is 17.0 Å². The maximum atomic E-state index is 12.5. The first-order chi connectivity index (χ1) is 13.5. The molecule has 0 saturated carbocycles. The second-order valence-corrected chi connectivity index (χ2v) is 7.34. The highest BCUT2D eigenvalue weighted by Crippen LogP contribution is 2.25. The number of anilines is 1.